The van der Waals surface area contributed by atoms with Gasteiger partial charge in [-0.2, -0.15) is 0 Å². The van der Waals surface area contributed by atoms with E-state index in [1.165, 1.54) is 0 Å². The highest BCUT2D eigenvalue weighted by molar-refractivity contribution is 7.91. The van der Waals surface area contributed by atoms with Gasteiger partial charge in [-0.15, -0.1) is 0 Å². The van der Waals surface area contributed by atoms with Crippen molar-refractivity contribution in [2.45, 2.75) is 32.0 Å². The molecular formula is C20H22ClNO4S. The Balaban J connectivity index is 1.80. The van der Waals surface area contributed by atoms with Crippen molar-refractivity contribution in [1.29, 1.82) is 0 Å². The Labute approximate surface area is 164 Å². The summed E-state index contributed by atoms with van der Waals surface area (Å²) in [6, 6.07) is 16.1. The van der Waals surface area contributed by atoms with Crippen molar-refractivity contribution in [3.05, 3.63) is 65.2 Å². The fraction of sp³-hybridized carbons (Fsp3) is 0.350. The SMILES string of the molecule is C[C@H](Oc1ccccc1Cl)C(=O)N(Cc1ccccc1)[C@H]1CCS(=O)(=O)C1. The minimum atomic E-state index is -3.11. The molecule has 0 aliphatic carbocycles. The highest BCUT2D eigenvalue weighted by atomic mass is 35.5. The number of nitrogens with zero attached hydrogens (tertiary/aromatic N) is 1. The Kier molecular flexibility index (Phi) is 6.07. The highest BCUT2D eigenvalue weighted by Gasteiger charge is 2.36. The van der Waals surface area contributed by atoms with Gasteiger partial charge in [0.05, 0.1) is 16.5 Å². The molecule has 0 radical (unpaired) electrons. The van der Waals surface area contributed by atoms with Crippen LogP contribution in [0.1, 0.15) is 18.9 Å². The Hall–Kier alpha value is -2.05. The maximum absolute atomic E-state index is 13.1. The van der Waals surface area contributed by atoms with Gasteiger partial charge in [0.1, 0.15) is 5.75 Å². The second kappa shape index (κ2) is 8.31. The Morgan fingerprint density at radius 2 is 1.85 bits per heavy atom. The summed E-state index contributed by atoms with van der Waals surface area (Å²) in [5.41, 5.74) is 0.945. The summed E-state index contributed by atoms with van der Waals surface area (Å²) in [6.45, 7) is 2.00. The van der Waals surface area contributed by atoms with Gasteiger partial charge in [0.25, 0.3) is 5.91 Å². The smallest absolute Gasteiger partial charge is 0.263 e. The molecule has 0 aromatic heterocycles. The predicted molar refractivity (Wildman–Crippen MR) is 106 cm³/mol. The number of amides is 1. The van der Waals surface area contributed by atoms with Gasteiger partial charge >= 0.3 is 0 Å². The van der Waals surface area contributed by atoms with Crippen molar-refractivity contribution < 1.29 is 17.9 Å². The van der Waals surface area contributed by atoms with E-state index >= 15 is 0 Å². The third kappa shape index (κ3) is 5.02. The minimum absolute atomic E-state index is 0.00954. The second-order valence-electron chi connectivity index (χ2n) is 6.70. The van der Waals surface area contributed by atoms with Gasteiger partial charge in [-0.3, -0.25) is 4.79 Å². The van der Waals surface area contributed by atoms with E-state index in [4.69, 9.17) is 16.3 Å². The molecule has 2 aromatic carbocycles. The first kappa shape index (κ1) is 19.7. The van der Waals surface area contributed by atoms with Crippen molar-refractivity contribution in [2.75, 3.05) is 11.5 Å². The zero-order chi connectivity index (χ0) is 19.4. The Morgan fingerprint density at radius 3 is 2.48 bits per heavy atom. The zero-order valence-electron chi connectivity index (χ0n) is 15.0. The molecule has 1 heterocycles. The number of ether oxygens (including phenoxy) is 1. The third-order valence-corrected chi connectivity index (χ3v) is 6.68. The lowest BCUT2D eigenvalue weighted by atomic mass is 10.1. The van der Waals surface area contributed by atoms with Gasteiger partial charge < -0.3 is 9.64 Å². The van der Waals surface area contributed by atoms with Crippen LogP contribution in [0.5, 0.6) is 5.75 Å². The first-order valence-electron chi connectivity index (χ1n) is 8.82. The van der Waals surface area contributed by atoms with E-state index < -0.39 is 15.9 Å². The number of rotatable bonds is 6. The summed E-state index contributed by atoms with van der Waals surface area (Å²) < 4.78 is 29.6. The molecule has 0 N–H and O–H groups in total. The number of halogens is 1. The van der Waals surface area contributed by atoms with Crippen LogP contribution in [0.3, 0.4) is 0 Å². The Morgan fingerprint density at radius 1 is 1.19 bits per heavy atom. The zero-order valence-corrected chi connectivity index (χ0v) is 16.6. The molecule has 2 aromatic rings. The number of para-hydroxylation sites is 1. The minimum Gasteiger partial charge on any atom is -0.479 e. The van der Waals surface area contributed by atoms with Gasteiger partial charge in [0, 0.05) is 12.6 Å². The maximum atomic E-state index is 13.1. The van der Waals surface area contributed by atoms with Crippen molar-refractivity contribution >= 4 is 27.3 Å². The number of carbonyl (C=O) groups excluding carboxylic acids is 1. The van der Waals surface area contributed by atoms with Crippen LogP contribution in [0.15, 0.2) is 54.6 Å². The molecule has 7 heteroatoms. The van der Waals surface area contributed by atoms with E-state index in [-0.39, 0.29) is 23.5 Å². The van der Waals surface area contributed by atoms with Crippen LogP contribution in [0.2, 0.25) is 5.02 Å². The van der Waals surface area contributed by atoms with Crippen LogP contribution in [0.4, 0.5) is 0 Å². The lowest BCUT2D eigenvalue weighted by Gasteiger charge is -2.31. The van der Waals surface area contributed by atoms with E-state index in [1.54, 1.807) is 36.1 Å². The molecule has 0 unspecified atom stereocenters. The molecule has 3 rings (SSSR count). The normalized spacial score (nSPS) is 19.4. The fourth-order valence-electron chi connectivity index (χ4n) is 3.20. The molecule has 1 fully saturated rings. The van der Waals surface area contributed by atoms with E-state index in [1.807, 2.05) is 30.3 Å². The summed E-state index contributed by atoms with van der Waals surface area (Å²) in [7, 11) is -3.11. The summed E-state index contributed by atoms with van der Waals surface area (Å²) in [5.74, 6) is 0.278. The lowest BCUT2D eigenvalue weighted by Crippen LogP contribution is -2.46. The topological polar surface area (TPSA) is 63.7 Å². The molecule has 0 saturated carbocycles. The van der Waals surface area contributed by atoms with Crippen LogP contribution in [-0.2, 0) is 21.2 Å². The summed E-state index contributed by atoms with van der Waals surface area (Å²) in [5, 5.41) is 0.426. The molecule has 2 atom stereocenters. The Bertz CT molecular complexity index is 901. The number of hydrogen-bond donors (Lipinski definition) is 0. The summed E-state index contributed by atoms with van der Waals surface area (Å²) >= 11 is 6.12. The lowest BCUT2D eigenvalue weighted by molar-refractivity contribution is -0.140. The number of benzene rings is 2. The van der Waals surface area contributed by atoms with Crippen molar-refractivity contribution in [1.82, 2.24) is 4.90 Å². The standard InChI is InChI=1S/C20H22ClNO4S/c1-15(26-19-10-6-5-9-18(19)21)20(23)22(13-16-7-3-2-4-8-16)17-11-12-27(24,25)14-17/h2-10,15,17H,11-14H2,1H3/t15-,17-/m0/s1. The molecule has 1 aliphatic heterocycles. The highest BCUT2D eigenvalue weighted by Crippen LogP contribution is 2.26. The van der Waals surface area contributed by atoms with Crippen LogP contribution < -0.4 is 4.74 Å². The molecule has 0 bridgehead atoms. The molecule has 0 spiro atoms. The van der Waals surface area contributed by atoms with Crippen molar-refractivity contribution in [3.63, 3.8) is 0 Å². The molecule has 144 valence electrons. The van der Waals surface area contributed by atoms with Gasteiger partial charge in [-0.25, -0.2) is 8.42 Å². The summed E-state index contributed by atoms with van der Waals surface area (Å²) in [6.07, 6.45) is -0.336. The van der Waals surface area contributed by atoms with E-state index in [0.29, 0.717) is 23.7 Å². The first-order valence-corrected chi connectivity index (χ1v) is 11.0. The molecule has 5 nitrogen and oxygen atoms in total. The molecule has 1 aliphatic rings. The average molecular weight is 408 g/mol. The second-order valence-corrected chi connectivity index (χ2v) is 9.34. The largest absolute Gasteiger partial charge is 0.479 e. The predicted octanol–water partition coefficient (Wildman–Crippen LogP) is 3.32. The van der Waals surface area contributed by atoms with E-state index in [0.717, 1.165) is 5.56 Å². The number of carbonyl (C=O) groups is 1. The van der Waals surface area contributed by atoms with Crippen LogP contribution in [0, 0.1) is 0 Å². The maximum Gasteiger partial charge on any atom is 0.263 e. The van der Waals surface area contributed by atoms with Gasteiger partial charge in [-0.1, -0.05) is 54.1 Å². The first-order chi connectivity index (χ1) is 12.9. The monoisotopic (exact) mass is 407 g/mol. The van der Waals surface area contributed by atoms with Crippen LogP contribution in [0.25, 0.3) is 0 Å². The van der Waals surface area contributed by atoms with Crippen molar-refractivity contribution in [2.24, 2.45) is 0 Å². The number of hydrogen-bond acceptors (Lipinski definition) is 4. The summed E-state index contributed by atoms with van der Waals surface area (Å²) in [4.78, 5) is 14.8. The molecule has 27 heavy (non-hydrogen) atoms. The third-order valence-electron chi connectivity index (χ3n) is 4.62. The van der Waals surface area contributed by atoms with Crippen LogP contribution in [-0.4, -0.2) is 42.9 Å². The van der Waals surface area contributed by atoms with Crippen LogP contribution >= 0.6 is 11.6 Å². The van der Waals surface area contributed by atoms with E-state index in [9.17, 15) is 13.2 Å². The average Bonchev–Trinajstić information content (AvgIpc) is 3.01. The fourth-order valence-corrected chi connectivity index (χ4v) is 5.11. The molecule has 1 amide bonds. The van der Waals surface area contributed by atoms with Crippen molar-refractivity contribution in [3.8, 4) is 5.75 Å². The van der Waals surface area contributed by atoms with Gasteiger partial charge in [0.2, 0.25) is 0 Å². The molecular weight excluding hydrogens is 386 g/mol. The number of sulfone groups is 1. The van der Waals surface area contributed by atoms with E-state index in [2.05, 4.69) is 0 Å². The van der Waals surface area contributed by atoms with Gasteiger partial charge in [-0.05, 0) is 31.0 Å². The molecule has 1 saturated heterocycles. The van der Waals surface area contributed by atoms with Gasteiger partial charge in [0.15, 0.2) is 15.9 Å². The quantitative estimate of drug-likeness (QED) is 0.736.